The van der Waals surface area contributed by atoms with Gasteiger partial charge in [-0.1, -0.05) is 19.4 Å². The van der Waals surface area contributed by atoms with Gasteiger partial charge in [0.2, 0.25) is 5.75 Å². The average Bonchev–Trinajstić information content (AvgIpc) is 2.53. The van der Waals surface area contributed by atoms with Crippen LogP contribution in [0.2, 0.25) is 0 Å². The molecule has 0 unspecified atom stereocenters. The summed E-state index contributed by atoms with van der Waals surface area (Å²) in [6, 6.07) is 5.68. The van der Waals surface area contributed by atoms with Crippen molar-refractivity contribution >= 4 is 12.4 Å². The van der Waals surface area contributed by atoms with Gasteiger partial charge < -0.3 is 24.3 Å². The topological polar surface area (TPSA) is 49.0 Å². The molecule has 0 saturated heterocycles. The molecule has 1 N–H and O–H groups in total. The molecule has 0 bridgehead atoms. The molecule has 1 heterocycles. The summed E-state index contributed by atoms with van der Waals surface area (Å²) in [7, 11) is 0. The number of hydrogen-bond donors (Lipinski definition) is 1. The van der Waals surface area contributed by atoms with E-state index in [9.17, 15) is 0 Å². The number of unbranched alkanes of at least 4 members (excludes halogenated alkanes) is 1. The molecule has 1 aromatic carbocycles. The van der Waals surface area contributed by atoms with Crippen LogP contribution < -0.4 is 19.5 Å². The van der Waals surface area contributed by atoms with Crippen LogP contribution in [0.4, 0.5) is 0 Å². The Morgan fingerprint density at radius 1 is 1.09 bits per heavy atom. The molecule has 0 atom stereocenters. The van der Waals surface area contributed by atoms with Crippen LogP contribution in [0.15, 0.2) is 18.2 Å². The Labute approximate surface area is 138 Å². The highest BCUT2D eigenvalue weighted by Crippen LogP contribution is 2.38. The summed E-state index contributed by atoms with van der Waals surface area (Å²) in [5.41, 5.74) is 0. The van der Waals surface area contributed by atoms with E-state index in [2.05, 4.69) is 12.2 Å². The number of ether oxygens (including phenoxy) is 4. The second-order valence-electron chi connectivity index (χ2n) is 4.84. The molecule has 0 spiro atoms. The van der Waals surface area contributed by atoms with E-state index < -0.39 is 0 Å². The third-order valence-corrected chi connectivity index (χ3v) is 3.15. The Balaban J connectivity index is 0.00000242. The maximum absolute atomic E-state index is 5.70. The quantitative estimate of drug-likeness (QED) is 0.668. The molecule has 0 saturated carbocycles. The van der Waals surface area contributed by atoms with Crippen LogP contribution in [0.25, 0.3) is 0 Å². The van der Waals surface area contributed by atoms with E-state index in [-0.39, 0.29) is 12.4 Å². The third-order valence-electron chi connectivity index (χ3n) is 3.15. The number of para-hydroxylation sites is 1. The first-order chi connectivity index (χ1) is 10.4. The molecule has 1 aliphatic heterocycles. The lowest BCUT2D eigenvalue weighted by atomic mass is 10.3. The number of hydrogen-bond acceptors (Lipinski definition) is 5. The van der Waals surface area contributed by atoms with Crippen LogP contribution in [0.1, 0.15) is 19.8 Å². The zero-order chi connectivity index (χ0) is 14.8. The fourth-order valence-electron chi connectivity index (χ4n) is 2.04. The molecule has 1 aliphatic rings. The van der Waals surface area contributed by atoms with Gasteiger partial charge >= 0.3 is 0 Å². The summed E-state index contributed by atoms with van der Waals surface area (Å²) < 4.78 is 22.3. The number of nitrogens with one attached hydrogen (secondary N) is 1. The van der Waals surface area contributed by atoms with E-state index in [0.717, 1.165) is 24.6 Å². The normalized spacial score (nSPS) is 12.6. The average molecular weight is 332 g/mol. The highest BCUT2D eigenvalue weighted by molar-refractivity contribution is 5.85. The molecule has 126 valence electrons. The van der Waals surface area contributed by atoms with E-state index in [0.29, 0.717) is 38.8 Å². The highest BCUT2D eigenvalue weighted by atomic mass is 35.5. The van der Waals surface area contributed by atoms with Crippen molar-refractivity contribution in [3.63, 3.8) is 0 Å². The SMILES string of the molecule is CCCCNCCOCCOc1cccc2c1OCCO2.Cl. The molecule has 6 heteroatoms. The number of fused-ring (bicyclic) bond motifs is 1. The first kappa shape index (κ1) is 18.9. The molecule has 0 aliphatic carbocycles. The predicted molar refractivity (Wildman–Crippen MR) is 88.8 cm³/mol. The molecule has 5 nitrogen and oxygen atoms in total. The van der Waals surface area contributed by atoms with Crippen molar-refractivity contribution in [1.29, 1.82) is 0 Å². The minimum atomic E-state index is 0. The van der Waals surface area contributed by atoms with Gasteiger partial charge in [0.05, 0.1) is 13.2 Å². The largest absolute Gasteiger partial charge is 0.487 e. The highest BCUT2D eigenvalue weighted by Gasteiger charge is 2.16. The van der Waals surface area contributed by atoms with Gasteiger partial charge in [-0.05, 0) is 25.1 Å². The van der Waals surface area contributed by atoms with E-state index >= 15 is 0 Å². The summed E-state index contributed by atoms with van der Waals surface area (Å²) in [5.74, 6) is 2.17. The van der Waals surface area contributed by atoms with Crippen molar-refractivity contribution in [3.05, 3.63) is 18.2 Å². The van der Waals surface area contributed by atoms with Crippen molar-refractivity contribution in [2.45, 2.75) is 19.8 Å². The first-order valence-electron chi connectivity index (χ1n) is 7.71. The molecule has 0 amide bonds. The van der Waals surface area contributed by atoms with E-state index in [1.165, 1.54) is 12.8 Å². The van der Waals surface area contributed by atoms with E-state index in [1.807, 2.05) is 18.2 Å². The second kappa shape index (κ2) is 11.4. The molecule has 0 aromatic heterocycles. The van der Waals surface area contributed by atoms with Crippen molar-refractivity contribution in [3.8, 4) is 17.2 Å². The van der Waals surface area contributed by atoms with Crippen molar-refractivity contribution in [2.75, 3.05) is 46.1 Å². The van der Waals surface area contributed by atoms with Crippen LogP contribution in [0.3, 0.4) is 0 Å². The Morgan fingerprint density at radius 2 is 1.95 bits per heavy atom. The maximum Gasteiger partial charge on any atom is 0.203 e. The van der Waals surface area contributed by atoms with Crippen LogP contribution in [0, 0.1) is 0 Å². The van der Waals surface area contributed by atoms with E-state index in [1.54, 1.807) is 0 Å². The Bertz CT molecular complexity index is 417. The van der Waals surface area contributed by atoms with Gasteiger partial charge in [-0.25, -0.2) is 0 Å². The summed E-state index contributed by atoms with van der Waals surface area (Å²) in [4.78, 5) is 0. The standard InChI is InChI=1S/C16H25NO4.ClH/c1-2-3-7-17-8-9-18-10-11-19-14-5-4-6-15-16(14)21-13-12-20-15;/h4-6,17H,2-3,7-13H2,1H3;1H. The van der Waals surface area contributed by atoms with Gasteiger partial charge in [-0.3, -0.25) is 0 Å². The minimum absolute atomic E-state index is 0. The summed E-state index contributed by atoms with van der Waals surface area (Å²) >= 11 is 0. The van der Waals surface area contributed by atoms with E-state index in [4.69, 9.17) is 18.9 Å². The Morgan fingerprint density at radius 3 is 2.82 bits per heavy atom. The van der Waals surface area contributed by atoms with Gasteiger partial charge in [0.15, 0.2) is 11.5 Å². The van der Waals surface area contributed by atoms with Crippen molar-refractivity contribution < 1.29 is 18.9 Å². The smallest absolute Gasteiger partial charge is 0.203 e. The zero-order valence-corrected chi connectivity index (χ0v) is 14.0. The second-order valence-corrected chi connectivity index (χ2v) is 4.84. The molecule has 1 aromatic rings. The number of rotatable bonds is 10. The predicted octanol–water partition coefficient (Wildman–Crippen LogP) is 2.66. The lowest BCUT2D eigenvalue weighted by Gasteiger charge is -2.20. The molecule has 22 heavy (non-hydrogen) atoms. The lowest BCUT2D eigenvalue weighted by Crippen LogP contribution is -2.22. The number of halogens is 1. The van der Waals surface area contributed by atoms with Gasteiger partial charge in [-0.15, -0.1) is 12.4 Å². The van der Waals surface area contributed by atoms with Gasteiger partial charge in [-0.2, -0.15) is 0 Å². The fraction of sp³-hybridized carbons (Fsp3) is 0.625. The van der Waals surface area contributed by atoms with Crippen LogP contribution in [-0.2, 0) is 4.74 Å². The monoisotopic (exact) mass is 331 g/mol. The summed E-state index contributed by atoms with van der Waals surface area (Å²) in [6.45, 7) is 7.07. The van der Waals surface area contributed by atoms with Gasteiger partial charge in [0.1, 0.15) is 19.8 Å². The van der Waals surface area contributed by atoms with Crippen molar-refractivity contribution in [1.82, 2.24) is 5.32 Å². The Kier molecular flexibility index (Phi) is 9.79. The zero-order valence-electron chi connectivity index (χ0n) is 13.1. The van der Waals surface area contributed by atoms with Crippen LogP contribution in [-0.4, -0.2) is 46.1 Å². The van der Waals surface area contributed by atoms with Gasteiger partial charge in [0, 0.05) is 6.54 Å². The third kappa shape index (κ3) is 6.30. The molecule has 0 fully saturated rings. The number of benzene rings is 1. The summed E-state index contributed by atoms with van der Waals surface area (Å²) in [6.07, 6.45) is 2.43. The fourth-order valence-corrected chi connectivity index (χ4v) is 2.04. The van der Waals surface area contributed by atoms with Crippen molar-refractivity contribution in [2.24, 2.45) is 0 Å². The molecular weight excluding hydrogens is 306 g/mol. The summed E-state index contributed by atoms with van der Waals surface area (Å²) in [5, 5.41) is 3.33. The molecule has 2 rings (SSSR count). The van der Waals surface area contributed by atoms with Gasteiger partial charge in [0.25, 0.3) is 0 Å². The Hall–Kier alpha value is -1.17. The molecule has 0 radical (unpaired) electrons. The first-order valence-corrected chi connectivity index (χ1v) is 7.71. The maximum atomic E-state index is 5.70. The minimum Gasteiger partial charge on any atom is -0.487 e. The van der Waals surface area contributed by atoms with Crippen LogP contribution >= 0.6 is 12.4 Å². The van der Waals surface area contributed by atoms with Crippen LogP contribution in [0.5, 0.6) is 17.2 Å². The lowest BCUT2D eigenvalue weighted by molar-refractivity contribution is 0.0978. The molecular formula is C16H26ClNO4.